The first-order valence-electron chi connectivity index (χ1n) is 1.73. The predicted octanol–water partition coefficient (Wildman–Crippen LogP) is 0.197. The van der Waals surface area contributed by atoms with Gasteiger partial charge in [-0.3, -0.25) is 0 Å². The quantitative estimate of drug-likeness (QED) is 0.361. The van der Waals surface area contributed by atoms with Crippen molar-refractivity contribution in [2.24, 2.45) is 0 Å². The third-order valence-electron chi connectivity index (χ3n) is 0.679. The molecule has 1 rings (SSSR count). The molecule has 1 nitrogen and oxygen atoms in total. The smallest absolute Gasteiger partial charge is 0.0389 e. The zero-order valence-corrected chi connectivity index (χ0v) is 3.63. The van der Waals surface area contributed by atoms with Crippen LogP contribution < -0.4 is 5.32 Å². The number of nitrogens with one attached hydrogen (secondary N) is 1. The van der Waals surface area contributed by atoms with Crippen LogP contribution in [0, 0.1) is 0 Å². The number of alkyl halides is 1. The minimum absolute atomic E-state index is 0.650. The van der Waals surface area contributed by atoms with Crippen molar-refractivity contribution in [3.05, 3.63) is 0 Å². The molecule has 0 aliphatic carbocycles. The van der Waals surface area contributed by atoms with Gasteiger partial charge in [-0.25, -0.2) is 0 Å². The molecule has 0 unspecified atom stereocenters. The number of hydrogen-bond acceptors (Lipinski definition) is 1. The van der Waals surface area contributed by atoms with Crippen molar-refractivity contribution >= 4 is 11.6 Å². The second-order valence-corrected chi connectivity index (χ2v) is 1.57. The highest BCUT2D eigenvalue weighted by atomic mass is 35.5. The number of rotatable bonds is 1. The van der Waals surface area contributed by atoms with Crippen LogP contribution in [0.3, 0.4) is 0 Å². The predicted molar refractivity (Wildman–Crippen MR) is 22.5 cm³/mol. The molecule has 0 aromatic carbocycles. The van der Waals surface area contributed by atoms with Gasteiger partial charge >= 0.3 is 0 Å². The first kappa shape index (κ1) is 3.44. The Kier molecular flexibility index (Phi) is 0.791. The Hall–Kier alpha value is 0.250. The Morgan fingerprint density at radius 1 is 2.00 bits per heavy atom. The average molecular weight is 91.5 g/mol. The van der Waals surface area contributed by atoms with Crippen LogP contribution in [0.4, 0.5) is 0 Å². The van der Waals surface area contributed by atoms with E-state index in [0.29, 0.717) is 6.04 Å². The molecule has 1 heterocycles. The highest BCUT2D eigenvalue weighted by molar-refractivity contribution is 6.18. The van der Waals surface area contributed by atoms with E-state index in [-0.39, 0.29) is 0 Å². The summed E-state index contributed by atoms with van der Waals surface area (Å²) in [6, 6.07) is 0.650. The van der Waals surface area contributed by atoms with Crippen molar-refractivity contribution < 1.29 is 0 Å². The molecule has 0 radical (unpaired) electrons. The van der Waals surface area contributed by atoms with Crippen molar-refractivity contribution in [2.75, 3.05) is 12.4 Å². The molecule has 1 saturated heterocycles. The molecule has 2 heteroatoms. The summed E-state index contributed by atoms with van der Waals surface area (Å²) in [6.07, 6.45) is 0. The van der Waals surface area contributed by atoms with E-state index in [0.717, 1.165) is 12.4 Å². The SMILES string of the molecule is ClC[C@@H]1CN1. The van der Waals surface area contributed by atoms with Gasteiger partial charge in [-0.2, -0.15) is 0 Å². The van der Waals surface area contributed by atoms with E-state index in [1.165, 1.54) is 0 Å². The molecule has 0 spiro atoms. The normalized spacial score (nSPS) is 34.2. The largest absolute Gasteiger partial charge is 0.310 e. The van der Waals surface area contributed by atoms with Gasteiger partial charge in [0.05, 0.1) is 0 Å². The lowest BCUT2D eigenvalue weighted by Gasteiger charge is -1.69. The Morgan fingerprint density at radius 3 is 2.60 bits per heavy atom. The van der Waals surface area contributed by atoms with Crippen LogP contribution >= 0.6 is 11.6 Å². The molecule has 0 aromatic heterocycles. The molecular weight excluding hydrogens is 85.5 g/mol. The lowest BCUT2D eigenvalue weighted by Crippen LogP contribution is -1.87. The molecule has 0 saturated carbocycles. The van der Waals surface area contributed by atoms with Gasteiger partial charge in [0, 0.05) is 18.5 Å². The third kappa shape index (κ3) is 0.781. The molecular formula is C3H6ClN. The summed E-state index contributed by atoms with van der Waals surface area (Å²) in [4.78, 5) is 0. The Labute approximate surface area is 36.3 Å². The number of halogens is 1. The number of hydrogen-bond donors (Lipinski definition) is 1. The van der Waals surface area contributed by atoms with Gasteiger partial charge in [-0.1, -0.05) is 0 Å². The summed E-state index contributed by atoms with van der Waals surface area (Å²) in [5.41, 5.74) is 0. The fraction of sp³-hybridized carbons (Fsp3) is 1.00. The molecule has 1 atom stereocenters. The van der Waals surface area contributed by atoms with Crippen molar-refractivity contribution in [1.29, 1.82) is 0 Å². The highest BCUT2D eigenvalue weighted by Gasteiger charge is 2.16. The summed E-state index contributed by atoms with van der Waals surface area (Å²) >= 11 is 5.34. The molecule has 1 N–H and O–H groups in total. The fourth-order valence-corrected chi connectivity index (χ4v) is 0.411. The monoisotopic (exact) mass is 91.0 g/mol. The van der Waals surface area contributed by atoms with Crippen LogP contribution in [-0.2, 0) is 0 Å². The van der Waals surface area contributed by atoms with Crippen molar-refractivity contribution in [2.45, 2.75) is 6.04 Å². The average Bonchev–Trinajstić information content (AvgIpc) is 2.12. The summed E-state index contributed by atoms with van der Waals surface area (Å²) < 4.78 is 0. The van der Waals surface area contributed by atoms with Crippen LogP contribution in [-0.4, -0.2) is 18.5 Å². The van der Waals surface area contributed by atoms with Gasteiger partial charge in [-0.05, 0) is 0 Å². The van der Waals surface area contributed by atoms with E-state index in [4.69, 9.17) is 11.6 Å². The van der Waals surface area contributed by atoms with Gasteiger partial charge in [-0.15, -0.1) is 11.6 Å². The second kappa shape index (κ2) is 1.15. The van der Waals surface area contributed by atoms with Gasteiger partial charge in [0.25, 0.3) is 0 Å². The zero-order chi connectivity index (χ0) is 3.70. The third-order valence-corrected chi connectivity index (χ3v) is 1.05. The molecule has 5 heavy (non-hydrogen) atoms. The summed E-state index contributed by atoms with van der Waals surface area (Å²) in [6.45, 7) is 1.13. The highest BCUT2D eigenvalue weighted by Crippen LogP contribution is 1.96. The van der Waals surface area contributed by atoms with Crippen molar-refractivity contribution in [1.82, 2.24) is 5.32 Å². The lowest BCUT2D eigenvalue weighted by atomic mass is 10.6. The molecule has 1 aliphatic heterocycles. The maximum atomic E-state index is 5.34. The first-order chi connectivity index (χ1) is 2.43. The molecule has 30 valence electrons. The van der Waals surface area contributed by atoms with Crippen LogP contribution in [0.15, 0.2) is 0 Å². The molecule has 1 aliphatic rings. The van der Waals surface area contributed by atoms with E-state index in [1.807, 2.05) is 0 Å². The van der Waals surface area contributed by atoms with E-state index in [2.05, 4.69) is 5.32 Å². The Morgan fingerprint density at radius 2 is 2.60 bits per heavy atom. The lowest BCUT2D eigenvalue weighted by molar-refractivity contribution is 1.10. The minimum Gasteiger partial charge on any atom is -0.310 e. The molecule has 0 bridgehead atoms. The summed E-state index contributed by atoms with van der Waals surface area (Å²) in [7, 11) is 0. The summed E-state index contributed by atoms with van der Waals surface area (Å²) in [5, 5.41) is 3.05. The topological polar surface area (TPSA) is 21.9 Å². The van der Waals surface area contributed by atoms with Gasteiger partial charge in [0.2, 0.25) is 0 Å². The summed E-state index contributed by atoms with van der Waals surface area (Å²) in [5.74, 6) is 0.778. The fourth-order valence-electron chi connectivity index (χ4n) is 0.192. The van der Waals surface area contributed by atoms with Gasteiger partial charge in [0.15, 0.2) is 0 Å². The first-order valence-corrected chi connectivity index (χ1v) is 2.26. The van der Waals surface area contributed by atoms with E-state index < -0.39 is 0 Å². The van der Waals surface area contributed by atoms with E-state index in [1.54, 1.807) is 0 Å². The van der Waals surface area contributed by atoms with Crippen molar-refractivity contribution in [3.63, 3.8) is 0 Å². The molecule has 0 aromatic rings. The Balaban J connectivity index is 2.00. The van der Waals surface area contributed by atoms with Crippen LogP contribution in [0.2, 0.25) is 0 Å². The maximum Gasteiger partial charge on any atom is 0.0389 e. The molecule has 1 fully saturated rings. The standard InChI is InChI=1S/C3H6ClN/c4-1-3-2-5-3/h3,5H,1-2H2/t3-/m1/s1. The molecule has 0 amide bonds. The van der Waals surface area contributed by atoms with Gasteiger partial charge in [0.1, 0.15) is 0 Å². The minimum atomic E-state index is 0.650. The van der Waals surface area contributed by atoms with E-state index >= 15 is 0 Å². The maximum absolute atomic E-state index is 5.34. The van der Waals surface area contributed by atoms with Crippen LogP contribution in [0.5, 0.6) is 0 Å². The van der Waals surface area contributed by atoms with Gasteiger partial charge < -0.3 is 5.32 Å². The Bertz CT molecular complexity index is 33.9. The van der Waals surface area contributed by atoms with Crippen LogP contribution in [0.25, 0.3) is 0 Å². The van der Waals surface area contributed by atoms with E-state index in [9.17, 15) is 0 Å². The van der Waals surface area contributed by atoms with Crippen LogP contribution in [0.1, 0.15) is 0 Å². The second-order valence-electron chi connectivity index (χ2n) is 1.26. The van der Waals surface area contributed by atoms with Crippen molar-refractivity contribution in [3.8, 4) is 0 Å². The zero-order valence-electron chi connectivity index (χ0n) is 2.87.